The van der Waals surface area contributed by atoms with Crippen molar-refractivity contribution in [2.45, 2.75) is 19.4 Å². The van der Waals surface area contributed by atoms with E-state index < -0.39 is 6.09 Å². The second-order valence-electron chi connectivity index (χ2n) is 7.38. The van der Waals surface area contributed by atoms with E-state index in [1.165, 1.54) is 19.9 Å². The number of piperidine rings is 1. The Labute approximate surface area is 159 Å². The van der Waals surface area contributed by atoms with Crippen LogP contribution in [0.1, 0.15) is 18.4 Å². The fourth-order valence-corrected chi connectivity index (χ4v) is 3.77. The first-order valence-electron chi connectivity index (χ1n) is 9.39. The number of nitrogens with zero attached hydrogens (tertiary/aromatic N) is 2. The molecule has 0 aliphatic carbocycles. The minimum atomic E-state index is -0.787. The van der Waals surface area contributed by atoms with Gasteiger partial charge in [-0.2, -0.15) is 0 Å². The molecule has 0 unspecified atom stereocenters. The van der Waals surface area contributed by atoms with Gasteiger partial charge in [-0.05, 0) is 50.9 Å². The Balaban J connectivity index is 1.53. The summed E-state index contributed by atoms with van der Waals surface area (Å²) in [7, 11) is 3.67. The number of amides is 1. The van der Waals surface area contributed by atoms with Crippen molar-refractivity contribution in [2.24, 2.45) is 11.8 Å². The monoisotopic (exact) mass is 377 g/mol. The van der Waals surface area contributed by atoms with E-state index in [1.807, 2.05) is 0 Å². The summed E-state index contributed by atoms with van der Waals surface area (Å²) in [6.07, 6.45) is 1.66. The van der Waals surface area contributed by atoms with Crippen molar-refractivity contribution in [1.82, 2.24) is 15.5 Å². The number of carbonyl (C=O) groups is 1. The van der Waals surface area contributed by atoms with Gasteiger partial charge in [-0.1, -0.05) is 12.1 Å². The standard InChI is InChI=1S/C19H28FN5O2/c1-22-18(21)23-19(26)27-12-14-4-3-5-16(17(14)20)25-10-15(11-25)13-6-8-24(2)9-7-13/h3-5,13,15H,6-12H2,1-2H3,(H3,21,22,23,26). The molecule has 0 spiro atoms. The Hall–Kier alpha value is -2.35. The van der Waals surface area contributed by atoms with E-state index in [0.717, 1.165) is 32.1 Å². The zero-order valence-corrected chi connectivity index (χ0v) is 15.9. The average molecular weight is 377 g/mol. The minimum Gasteiger partial charge on any atom is -0.444 e. The molecule has 0 saturated carbocycles. The van der Waals surface area contributed by atoms with E-state index in [4.69, 9.17) is 10.1 Å². The van der Waals surface area contributed by atoms with Gasteiger partial charge in [0.15, 0.2) is 11.8 Å². The lowest BCUT2D eigenvalue weighted by atomic mass is 9.79. The van der Waals surface area contributed by atoms with Gasteiger partial charge in [0.2, 0.25) is 0 Å². The number of ether oxygens (including phenoxy) is 1. The first-order valence-corrected chi connectivity index (χ1v) is 9.39. The van der Waals surface area contributed by atoms with Crippen LogP contribution in [0.4, 0.5) is 14.9 Å². The SMILES string of the molecule is CNC(=N)NC(=O)OCc1cccc(N2CC(C3CCN(C)CC3)C2)c1F. The lowest BCUT2D eigenvalue weighted by molar-refractivity contribution is 0.143. The summed E-state index contributed by atoms with van der Waals surface area (Å²) in [5, 5.41) is 12.0. The number of nitrogens with one attached hydrogen (secondary N) is 3. The van der Waals surface area contributed by atoms with Gasteiger partial charge in [0.05, 0.1) is 5.69 Å². The molecule has 148 valence electrons. The number of hydrogen-bond donors (Lipinski definition) is 3. The molecule has 1 aromatic carbocycles. The van der Waals surface area contributed by atoms with Crippen LogP contribution in [-0.4, -0.2) is 57.2 Å². The van der Waals surface area contributed by atoms with Crippen LogP contribution < -0.4 is 15.5 Å². The Morgan fingerprint density at radius 1 is 1.30 bits per heavy atom. The Kier molecular flexibility index (Phi) is 6.15. The van der Waals surface area contributed by atoms with E-state index >= 15 is 0 Å². The molecule has 0 aromatic heterocycles. The van der Waals surface area contributed by atoms with Crippen LogP contribution in [0, 0.1) is 23.1 Å². The average Bonchev–Trinajstić information content (AvgIpc) is 2.62. The molecular weight excluding hydrogens is 349 g/mol. The predicted molar refractivity (Wildman–Crippen MR) is 102 cm³/mol. The van der Waals surface area contributed by atoms with Crippen LogP contribution in [0.5, 0.6) is 0 Å². The highest BCUT2D eigenvalue weighted by atomic mass is 19.1. The van der Waals surface area contributed by atoms with E-state index in [-0.39, 0.29) is 18.4 Å². The summed E-state index contributed by atoms with van der Waals surface area (Å²) < 4.78 is 19.8. The number of rotatable bonds is 4. The van der Waals surface area contributed by atoms with Crippen LogP contribution in [0.3, 0.4) is 0 Å². The molecular formula is C19H28FN5O2. The van der Waals surface area contributed by atoms with Crippen molar-refractivity contribution < 1.29 is 13.9 Å². The number of hydrogen-bond acceptors (Lipinski definition) is 5. The van der Waals surface area contributed by atoms with Crippen LogP contribution in [0.25, 0.3) is 0 Å². The van der Waals surface area contributed by atoms with Gasteiger partial charge in [0, 0.05) is 25.7 Å². The van der Waals surface area contributed by atoms with E-state index in [1.54, 1.807) is 18.2 Å². The van der Waals surface area contributed by atoms with E-state index in [2.05, 4.69) is 27.5 Å². The molecule has 2 saturated heterocycles. The second kappa shape index (κ2) is 8.56. The van der Waals surface area contributed by atoms with E-state index in [9.17, 15) is 9.18 Å². The molecule has 1 amide bonds. The first kappa shape index (κ1) is 19.4. The Morgan fingerprint density at radius 2 is 2.00 bits per heavy atom. The summed E-state index contributed by atoms with van der Waals surface area (Å²) in [5.41, 5.74) is 0.907. The molecule has 3 N–H and O–H groups in total. The summed E-state index contributed by atoms with van der Waals surface area (Å²) in [6.45, 7) is 3.89. The van der Waals surface area contributed by atoms with Gasteiger partial charge in [0.1, 0.15) is 6.61 Å². The van der Waals surface area contributed by atoms with Gasteiger partial charge in [-0.15, -0.1) is 0 Å². The second-order valence-corrected chi connectivity index (χ2v) is 7.38. The predicted octanol–water partition coefficient (Wildman–Crippen LogP) is 1.98. The molecule has 2 aliphatic heterocycles. The minimum absolute atomic E-state index is 0.172. The normalized spacial score (nSPS) is 18.7. The fourth-order valence-electron chi connectivity index (χ4n) is 3.77. The molecule has 7 nitrogen and oxygen atoms in total. The summed E-state index contributed by atoms with van der Waals surface area (Å²) in [6, 6.07) is 5.18. The zero-order valence-electron chi connectivity index (χ0n) is 15.9. The third-order valence-corrected chi connectivity index (χ3v) is 5.57. The smallest absolute Gasteiger partial charge is 0.414 e. The molecule has 2 aliphatic rings. The van der Waals surface area contributed by atoms with Gasteiger partial charge >= 0.3 is 6.09 Å². The molecule has 0 bridgehead atoms. The van der Waals surface area contributed by atoms with Crippen molar-refractivity contribution >= 4 is 17.7 Å². The van der Waals surface area contributed by atoms with Crippen LogP contribution in [0.2, 0.25) is 0 Å². The summed E-state index contributed by atoms with van der Waals surface area (Å²) in [5.74, 6) is 0.861. The maximum Gasteiger partial charge on any atom is 0.414 e. The number of guanidine groups is 1. The molecule has 1 aromatic rings. The van der Waals surface area contributed by atoms with Crippen LogP contribution >= 0.6 is 0 Å². The maximum atomic E-state index is 14.8. The lowest BCUT2D eigenvalue weighted by Gasteiger charge is -2.47. The fraction of sp³-hybridized carbons (Fsp3) is 0.579. The van der Waals surface area contributed by atoms with Crippen molar-refractivity contribution in [3.63, 3.8) is 0 Å². The van der Waals surface area contributed by atoms with Crippen LogP contribution in [0.15, 0.2) is 18.2 Å². The number of halogens is 1. The third-order valence-electron chi connectivity index (χ3n) is 5.57. The van der Waals surface area contributed by atoms with Gasteiger partial charge in [-0.3, -0.25) is 10.7 Å². The highest BCUT2D eigenvalue weighted by Crippen LogP contribution is 2.36. The molecule has 2 heterocycles. The molecule has 2 fully saturated rings. The quantitative estimate of drug-likeness (QED) is 0.552. The Bertz CT molecular complexity index is 685. The van der Waals surface area contributed by atoms with Crippen molar-refractivity contribution in [3.8, 4) is 0 Å². The lowest BCUT2D eigenvalue weighted by Crippen LogP contribution is -2.52. The zero-order chi connectivity index (χ0) is 19.4. The first-order chi connectivity index (χ1) is 13.0. The number of alkyl carbamates (subject to hydrolysis) is 1. The third kappa shape index (κ3) is 4.68. The van der Waals surface area contributed by atoms with Gasteiger partial charge in [-0.25, -0.2) is 9.18 Å². The molecule has 0 radical (unpaired) electrons. The van der Waals surface area contributed by atoms with Gasteiger partial charge in [0.25, 0.3) is 0 Å². The highest BCUT2D eigenvalue weighted by molar-refractivity contribution is 5.91. The summed E-state index contributed by atoms with van der Waals surface area (Å²) >= 11 is 0. The highest BCUT2D eigenvalue weighted by Gasteiger charge is 2.36. The number of likely N-dealkylation sites (tertiary alicyclic amines) is 1. The number of carbonyl (C=O) groups excluding carboxylic acids is 1. The number of benzene rings is 1. The van der Waals surface area contributed by atoms with Crippen molar-refractivity contribution in [1.29, 1.82) is 5.41 Å². The summed E-state index contributed by atoms with van der Waals surface area (Å²) in [4.78, 5) is 16.0. The van der Waals surface area contributed by atoms with Crippen molar-refractivity contribution in [3.05, 3.63) is 29.6 Å². The Morgan fingerprint density at radius 3 is 2.67 bits per heavy atom. The van der Waals surface area contributed by atoms with Crippen LogP contribution in [-0.2, 0) is 11.3 Å². The molecule has 8 heteroatoms. The largest absolute Gasteiger partial charge is 0.444 e. The molecule has 3 rings (SSSR count). The topological polar surface area (TPSA) is 80.7 Å². The molecule has 27 heavy (non-hydrogen) atoms. The molecule has 0 atom stereocenters. The maximum absolute atomic E-state index is 14.8. The number of anilines is 1. The van der Waals surface area contributed by atoms with Crippen molar-refractivity contribution in [2.75, 3.05) is 45.2 Å². The van der Waals surface area contributed by atoms with E-state index in [0.29, 0.717) is 17.2 Å². The van der Waals surface area contributed by atoms with Gasteiger partial charge < -0.3 is 19.9 Å².